The Kier molecular flexibility index (Phi) is 4.20. The number of nitrogens with zero attached hydrogens (tertiary/aromatic N) is 3. The highest BCUT2D eigenvalue weighted by Gasteiger charge is 2.32. The van der Waals surface area contributed by atoms with Crippen molar-refractivity contribution < 1.29 is 14.3 Å². The number of carbonyl (C=O) groups is 1. The van der Waals surface area contributed by atoms with Crippen LogP contribution in [-0.2, 0) is 11.8 Å². The van der Waals surface area contributed by atoms with Crippen molar-refractivity contribution in [2.45, 2.75) is 45.3 Å². The molecule has 0 aliphatic carbocycles. The van der Waals surface area contributed by atoms with E-state index in [9.17, 15) is 4.79 Å². The number of aromatic nitrogens is 2. The van der Waals surface area contributed by atoms with E-state index >= 15 is 0 Å². The van der Waals surface area contributed by atoms with Gasteiger partial charge in [0.2, 0.25) is 0 Å². The second kappa shape index (κ2) is 5.73. The van der Waals surface area contributed by atoms with Crippen molar-refractivity contribution >= 4 is 6.09 Å². The number of aryl methyl sites for hydroxylation is 1. The highest BCUT2D eigenvalue weighted by atomic mass is 16.6. The SMILES string of the molecule is Cn1cc(OC[C@H]2CCCN2C(=O)OC(C)(C)C)cn1. The van der Waals surface area contributed by atoms with Gasteiger partial charge in [0.15, 0.2) is 5.75 Å². The molecule has 0 N–H and O–H groups in total. The monoisotopic (exact) mass is 281 g/mol. The Morgan fingerprint density at radius 3 is 2.85 bits per heavy atom. The fraction of sp³-hybridized carbons (Fsp3) is 0.714. The van der Waals surface area contributed by atoms with Crippen LogP contribution in [0, 0.1) is 0 Å². The van der Waals surface area contributed by atoms with Crippen molar-refractivity contribution in [3.63, 3.8) is 0 Å². The van der Waals surface area contributed by atoms with Gasteiger partial charge in [0, 0.05) is 13.6 Å². The summed E-state index contributed by atoms with van der Waals surface area (Å²) in [6.07, 6.45) is 5.16. The summed E-state index contributed by atoms with van der Waals surface area (Å²) in [7, 11) is 1.84. The van der Waals surface area contributed by atoms with Crippen LogP contribution in [0.25, 0.3) is 0 Å². The zero-order chi connectivity index (χ0) is 14.8. The van der Waals surface area contributed by atoms with E-state index < -0.39 is 5.60 Å². The van der Waals surface area contributed by atoms with E-state index in [1.165, 1.54) is 0 Å². The molecule has 2 heterocycles. The van der Waals surface area contributed by atoms with Crippen molar-refractivity contribution in [1.82, 2.24) is 14.7 Å². The minimum atomic E-state index is -0.464. The molecule has 112 valence electrons. The second-order valence-electron chi connectivity index (χ2n) is 6.13. The maximum absolute atomic E-state index is 12.1. The maximum atomic E-state index is 12.1. The minimum absolute atomic E-state index is 0.0741. The number of hydrogen-bond acceptors (Lipinski definition) is 4. The Bertz CT molecular complexity index is 464. The Morgan fingerprint density at radius 1 is 1.50 bits per heavy atom. The standard InChI is InChI=1S/C14H23N3O3/c1-14(2,3)20-13(18)17-7-5-6-11(17)10-19-12-8-15-16(4)9-12/h8-9,11H,5-7,10H2,1-4H3/t11-/m1/s1. The van der Waals surface area contributed by atoms with Crippen LogP contribution >= 0.6 is 0 Å². The molecular weight excluding hydrogens is 258 g/mol. The number of likely N-dealkylation sites (tertiary alicyclic amines) is 1. The van der Waals surface area contributed by atoms with E-state index in [2.05, 4.69) is 5.10 Å². The van der Waals surface area contributed by atoms with Gasteiger partial charge in [-0.3, -0.25) is 4.68 Å². The van der Waals surface area contributed by atoms with Crippen molar-refractivity contribution in [3.05, 3.63) is 12.4 Å². The first-order chi connectivity index (χ1) is 9.35. The predicted molar refractivity (Wildman–Crippen MR) is 74.7 cm³/mol. The molecule has 1 saturated heterocycles. The quantitative estimate of drug-likeness (QED) is 0.852. The van der Waals surface area contributed by atoms with Gasteiger partial charge in [-0.25, -0.2) is 4.79 Å². The van der Waals surface area contributed by atoms with Crippen molar-refractivity contribution in [2.75, 3.05) is 13.2 Å². The van der Waals surface area contributed by atoms with Crippen LogP contribution in [0.3, 0.4) is 0 Å². The van der Waals surface area contributed by atoms with Crippen molar-refractivity contribution in [1.29, 1.82) is 0 Å². The minimum Gasteiger partial charge on any atom is -0.488 e. The molecule has 20 heavy (non-hydrogen) atoms. The molecule has 6 heteroatoms. The van der Waals surface area contributed by atoms with E-state index in [-0.39, 0.29) is 12.1 Å². The zero-order valence-electron chi connectivity index (χ0n) is 12.6. The number of amides is 1. The van der Waals surface area contributed by atoms with E-state index in [4.69, 9.17) is 9.47 Å². The molecule has 1 atom stereocenters. The molecule has 6 nitrogen and oxygen atoms in total. The number of rotatable bonds is 3. The fourth-order valence-corrected chi connectivity index (χ4v) is 2.24. The second-order valence-corrected chi connectivity index (χ2v) is 6.13. The largest absolute Gasteiger partial charge is 0.488 e. The Hall–Kier alpha value is -1.72. The molecular formula is C14H23N3O3. The highest BCUT2D eigenvalue weighted by molar-refractivity contribution is 5.69. The first kappa shape index (κ1) is 14.7. The van der Waals surface area contributed by atoms with Gasteiger partial charge in [0.1, 0.15) is 12.2 Å². The van der Waals surface area contributed by atoms with E-state index in [1.807, 2.05) is 34.0 Å². The lowest BCUT2D eigenvalue weighted by molar-refractivity contribution is 0.0187. The molecule has 1 fully saturated rings. The lowest BCUT2D eigenvalue weighted by atomic mass is 10.2. The molecule has 1 aromatic rings. The van der Waals surface area contributed by atoms with Gasteiger partial charge in [0.25, 0.3) is 0 Å². The van der Waals surface area contributed by atoms with E-state index in [0.29, 0.717) is 6.61 Å². The van der Waals surface area contributed by atoms with Gasteiger partial charge < -0.3 is 14.4 Å². The van der Waals surface area contributed by atoms with Crippen LogP contribution in [0.5, 0.6) is 5.75 Å². The lowest BCUT2D eigenvalue weighted by Crippen LogP contribution is -2.42. The molecule has 1 aromatic heterocycles. The van der Waals surface area contributed by atoms with Crippen LogP contribution in [0.4, 0.5) is 4.79 Å². The van der Waals surface area contributed by atoms with Crippen LogP contribution in [-0.4, -0.2) is 45.6 Å². The summed E-state index contributed by atoms with van der Waals surface area (Å²) in [5.41, 5.74) is -0.464. The van der Waals surface area contributed by atoms with Crippen LogP contribution in [0.15, 0.2) is 12.4 Å². The highest BCUT2D eigenvalue weighted by Crippen LogP contribution is 2.21. The lowest BCUT2D eigenvalue weighted by Gasteiger charge is -2.28. The third-order valence-corrected chi connectivity index (χ3v) is 3.13. The maximum Gasteiger partial charge on any atom is 0.410 e. The van der Waals surface area contributed by atoms with Gasteiger partial charge in [-0.2, -0.15) is 5.10 Å². The number of hydrogen-bond donors (Lipinski definition) is 0. The summed E-state index contributed by atoms with van der Waals surface area (Å²) in [4.78, 5) is 13.9. The third-order valence-electron chi connectivity index (χ3n) is 3.13. The average Bonchev–Trinajstić information content (AvgIpc) is 2.92. The van der Waals surface area contributed by atoms with E-state index in [1.54, 1.807) is 15.8 Å². The summed E-state index contributed by atoms with van der Waals surface area (Å²) in [6, 6.07) is 0.0741. The summed E-state index contributed by atoms with van der Waals surface area (Å²) in [6.45, 7) is 6.84. The van der Waals surface area contributed by atoms with E-state index in [0.717, 1.165) is 25.1 Å². The van der Waals surface area contributed by atoms with Gasteiger partial charge >= 0.3 is 6.09 Å². The topological polar surface area (TPSA) is 56.6 Å². The summed E-state index contributed by atoms with van der Waals surface area (Å²) in [5.74, 6) is 0.725. The number of carbonyl (C=O) groups excluding carboxylic acids is 1. The van der Waals surface area contributed by atoms with Crippen molar-refractivity contribution in [2.24, 2.45) is 7.05 Å². The zero-order valence-corrected chi connectivity index (χ0v) is 12.6. The Balaban J connectivity index is 1.88. The molecule has 0 spiro atoms. The molecule has 0 aromatic carbocycles. The molecule has 1 aliphatic heterocycles. The fourth-order valence-electron chi connectivity index (χ4n) is 2.24. The molecule has 1 aliphatic rings. The Labute approximate surface area is 119 Å². The molecule has 0 unspecified atom stereocenters. The molecule has 0 radical (unpaired) electrons. The van der Waals surface area contributed by atoms with Crippen LogP contribution in [0.2, 0.25) is 0 Å². The smallest absolute Gasteiger partial charge is 0.410 e. The van der Waals surface area contributed by atoms with Gasteiger partial charge in [-0.15, -0.1) is 0 Å². The third kappa shape index (κ3) is 3.88. The van der Waals surface area contributed by atoms with Gasteiger partial charge in [-0.05, 0) is 33.6 Å². The molecule has 2 rings (SSSR count). The van der Waals surface area contributed by atoms with Crippen LogP contribution in [0.1, 0.15) is 33.6 Å². The normalized spacial score (nSPS) is 19.2. The van der Waals surface area contributed by atoms with Crippen molar-refractivity contribution in [3.8, 4) is 5.75 Å². The summed E-state index contributed by atoms with van der Waals surface area (Å²) >= 11 is 0. The van der Waals surface area contributed by atoms with Gasteiger partial charge in [0.05, 0.1) is 18.4 Å². The number of ether oxygens (including phenoxy) is 2. The first-order valence-electron chi connectivity index (χ1n) is 6.96. The average molecular weight is 281 g/mol. The predicted octanol–water partition coefficient (Wildman–Crippen LogP) is 2.20. The van der Waals surface area contributed by atoms with Gasteiger partial charge in [-0.1, -0.05) is 0 Å². The first-order valence-corrected chi connectivity index (χ1v) is 6.96. The van der Waals surface area contributed by atoms with Crippen LogP contribution < -0.4 is 4.74 Å². The summed E-state index contributed by atoms with van der Waals surface area (Å²) < 4.78 is 12.8. The summed E-state index contributed by atoms with van der Waals surface area (Å²) in [5, 5.41) is 4.05. The molecule has 1 amide bonds. The Morgan fingerprint density at radius 2 is 2.25 bits per heavy atom. The molecule has 0 saturated carbocycles. The molecule has 0 bridgehead atoms.